The van der Waals surface area contributed by atoms with Gasteiger partial charge in [-0.15, -0.1) is 0 Å². The van der Waals surface area contributed by atoms with Crippen molar-refractivity contribution in [2.24, 2.45) is 0 Å². The number of hydrogen-bond acceptors (Lipinski definition) is 3. The molecule has 24 heavy (non-hydrogen) atoms. The van der Waals surface area contributed by atoms with Crippen LogP contribution in [-0.4, -0.2) is 41.4 Å². The van der Waals surface area contributed by atoms with Crippen LogP contribution in [0.15, 0.2) is 24.5 Å². The van der Waals surface area contributed by atoms with E-state index in [1.54, 1.807) is 24.5 Å². The number of imidazole rings is 1. The van der Waals surface area contributed by atoms with Gasteiger partial charge in [0.05, 0.1) is 17.6 Å². The van der Waals surface area contributed by atoms with E-state index in [4.69, 9.17) is 0 Å². The number of H-pyrrole nitrogens is 1. The van der Waals surface area contributed by atoms with Crippen LogP contribution in [0, 0.1) is 12.7 Å². The molecule has 2 heterocycles. The van der Waals surface area contributed by atoms with Gasteiger partial charge in [0.25, 0.3) is 5.91 Å². The highest BCUT2D eigenvalue weighted by atomic mass is 19.1. The molecule has 5 nitrogen and oxygen atoms in total. The van der Waals surface area contributed by atoms with E-state index in [0.29, 0.717) is 34.6 Å². The van der Waals surface area contributed by atoms with Gasteiger partial charge in [-0.1, -0.05) is 12.2 Å². The smallest absolute Gasteiger partial charge is 0.256 e. The molecule has 124 valence electrons. The van der Waals surface area contributed by atoms with Crippen molar-refractivity contribution in [1.82, 2.24) is 14.9 Å². The highest BCUT2D eigenvalue weighted by Gasteiger charge is 2.28. The van der Waals surface area contributed by atoms with Crippen molar-refractivity contribution in [3.63, 3.8) is 0 Å². The fourth-order valence-electron chi connectivity index (χ4n) is 2.63. The molecule has 1 aliphatic heterocycles. The molecule has 1 aliphatic rings. The van der Waals surface area contributed by atoms with Gasteiger partial charge in [-0.2, -0.15) is 0 Å². The van der Waals surface area contributed by atoms with Crippen LogP contribution in [0.5, 0.6) is 0 Å². The lowest BCUT2D eigenvalue weighted by molar-refractivity contribution is -0.110. The number of halogens is 1. The van der Waals surface area contributed by atoms with E-state index in [-0.39, 0.29) is 11.7 Å². The monoisotopic (exact) mass is 326 g/mol. The number of anilines is 1. The van der Waals surface area contributed by atoms with Crippen molar-refractivity contribution in [3.8, 4) is 0 Å². The second-order valence-electron chi connectivity index (χ2n) is 5.97. The van der Waals surface area contributed by atoms with Gasteiger partial charge in [-0.25, -0.2) is 9.37 Å². The molecular weight excluding hydrogens is 307 g/mol. The highest BCUT2D eigenvalue weighted by Crippen LogP contribution is 2.37. The summed E-state index contributed by atoms with van der Waals surface area (Å²) in [5.74, 6) is -0.606. The number of carbonyl (C=O) groups is 1. The third kappa shape index (κ3) is 3.00. The van der Waals surface area contributed by atoms with Gasteiger partial charge in [0.15, 0.2) is 0 Å². The molecule has 2 N–H and O–H groups in total. The van der Waals surface area contributed by atoms with Gasteiger partial charge in [-0.05, 0) is 39.2 Å². The second kappa shape index (κ2) is 6.41. The van der Waals surface area contributed by atoms with Crippen LogP contribution in [0.4, 0.5) is 10.1 Å². The summed E-state index contributed by atoms with van der Waals surface area (Å²) in [5, 5.41) is 2.79. The van der Waals surface area contributed by atoms with E-state index in [0.717, 1.165) is 5.69 Å². The van der Waals surface area contributed by atoms with Crippen molar-refractivity contribution in [1.29, 1.82) is 0 Å². The summed E-state index contributed by atoms with van der Waals surface area (Å²) in [7, 11) is 3.87. The average Bonchev–Trinajstić information content (AvgIpc) is 3.06. The first-order valence-electron chi connectivity index (χ1n) is 7.64. The maximum absolute atomic E-state index is 14.4. The highest BCUT2D eigenvalue weighted by molar-refractivity contribution is 6.35. The topological polar surface area (TPSA) is 61.0 Å². The number of amides is 1. The number of nitrogens with zero attached hydrogens (tertiary/aromatic N) is 2. The minimum atomic E-state index is -0.357. The normalized spacial score (nSPS) is 15.5. The molecule has 1 aromatic heterocycles. The molecule has 0 unspecified atom stereocenters. The third-order valence-electron chi connectivity index (χ3n) is 3.86. The number of aromatic amines is 1. The number of hydrogen-bond donors (Lipinski definition) is 2. The lowest BCUT2D eigenvalue weighted by Crippen LogP contribution is -2.10. The van der Waals surface area contributed by atoms with Crippen molar-refractivity contribution in [2.75, 3.05) is 26.0 Å². The van der Waals surface area contributed by atoms with Gasteiger partial charge in [0, 0.05) is 29.1 Å². The molecule has 1 aromatic carbocycles. The molecule has 0 saturated heterocycles. The minimum absolute atomic E-state index is 0.250. The fraction of sp³-hybridized carbons (Fsp3) is 0.222. The van der Waals surface area contributed by atoms with E-state index in [9.17, 15) is 9.18 Å². The van der Waals surface area contributed by atoms with Crippen LogP contribution < -0.4 is 5.32 Å². The Kier molecular flexibility index (Phi) is 4.31. The maximum atomic E-state index is 14.4. The first-order chi connectivity index (χ1) is 11.5. The molecule has 0 fully saturated rings. The van der Waals surface area contributed by atoms with Crippen LogP contribution in [0.3, 0.4) is 0 Å². The average molecular weight is 326 g/mol. The number of benzene rings is 1. The molecule has 0 radical (unpaired) electrons. The van der Waals surface area contributed by atoms with E-state index < -0.39 is 0 Å². The van der Waals surface area contributed by atoms with Crippen molar-refractivity contribution in [3.05, 3.63) is 52.9 Å². The Balaban J connectivity index is 2.10. The van der Waals surface area contributed by atoms with Crippen LogP contribution in [0.25, 0.3) is 17.7 Å². The van der Waals surface area contributed by atoms with E-state index in [1.165, 1.54) is 6.07 Å². The summed E-state index contributed by atoms with van der Waals surface area (Å²) < 4.78 is 14.4. The lowest BCUT2D eigenvalue weighted by atomic mass is 9.98. The summed E-state index contributed by atoms with van der Waals surface area (Å²) in [6.07, 6.45) is 6.85. The summed E-state index contributed by atoms with van der Waals surface area (Å²) >= 11 is 0. The second-order valence-corrected chi connectivity index (χ2v) is 5.97. The van der Waals surface area contributed by atoms with Crippen LogP contribution in [-0.2, 0) is 4.79 Å². The number of rotatable bonds is 4. The summed E-state index contributed by atoms with van der Waals surface area (Å²) in [6.45, 7) is 2.55. The number of fused-ring (bicyclic) bond motifs is 1. The Morgan fingerprint density at radius 1 is 1.33 bits per heavy atom. The maximum Gasteiger partial charge on any atom is 0.256 e. The van der Waals surface area contributed by atoms with Crippen molar-refractivity contribution >= 4 is 29.3 Å². The van der Waals surface area contributed by atoms with E-state index in [1.807, 2.05) is 32.0 Å². The van der Waals surface area contributed by atoms with E-state index in [2.05, 4.69) is 15.3 Å². The molecule has 1 amide bonds. The summed E-state index contributed by atoms with van der Waals surface area (Å²) in [4.78, 5) is 21.5. The quantitative estimate of drug-likeness (QED) is 0.849. The predicted octanol–water partition coefficient (Wildman–Crippen LogP) is 2.92. The van der Waals surface area contributed by atoms with Crippen LogP contribution in [0.1, 0.15) is 22.5 Å². The molecule has 0 aliphatic carbocycles. The zero-order valence-electron chi connectivity index (χ0n) is 13.9. The van der Waals surface area contributed by atoms with Crippen molar-refractivity contribution < 1.29 is 9.18 Å². The van der Waals surface area contributed by atoms with Gasteiger partial charge in [0.2, 0.25) is 0 Å². The molecule has 6 heteroatoms. The standard InChI is InChI=1S/C18H19FN4O/c1-11-16(21-10-20-11)9-13-17-12(5-4-8-23(2)3)14(19)6-7-15(17)22-18(13)24/h4-7,9-10H,8H2,1-3H3,(H,20,21)(H,22,24). The number of likely N-dealkylation sites (N-methyl/N-ethyl adjacent to an activating group) is 1. The first-order valence-corrected chi connectivity index (χ1v) is 7.64. The molecule has 0 spiro atoms. The summed E-state index contributed by atoms with van der Waals surface area (Å²) in [5.41, 5.74) is 3.55. The number of carbonyl (C=O) groups excluding carboxylic acids is 1. The molecule has 0 atom stereocenters. The zero-order valence-corrected chi connectivity index (χ0v) is 13.9. The SMILES string of the molecule is Cc1[nH]cnc1C=C1C(=O)Nc2ccc(F)c(C=CCN(C)C)c21. The van der Waals surface area contributed by atoms with Crippen LogP contribution >= 0.6 is 0 Å². The largest absolute Gasteiger partial charge is 0.348 e. The molecule has 3 rings (SSSR count). The van der Waals surface area contributed by atoms with Crippen molar-refractivity contribution in [2.45, 2.75) is 6.92 Å². The lowest BCUT2D eigenvalue weighted by Gasteiger charge is -2.07. The number of aromatic nitrogens is 2. The summed E-state index contributed by atoms with van der Waals surface area (Å²) in [6, 6.07) is 2.96. The van der Waals surface area contributed by atoms with Gasteiger partial charge in [0.1, 0.15) is 5.82 Å². The number of nitrogens with one attached hydrogen (secondary N) is 2. The Morgan fingerprint density at radius 3 is 2.79 bits per heavy atom. The molecule has 0 saturated carbocycles. The number of aryl methyl sites for hydroxylation is 1. The van der Waals surface area contributed by atoms with Gasteiger partial charge < -0.3 is 15.2 Å². The molecule has 0 bridgehead atoms. The third-order valence-corrected chi connectivity index (χ3v) is 3.86. The zero-order chi connectivity index (χ0) is 17.3. The Morgan fingerprint density at radius 2 is 2.12 bits per heavy atom. The minimum Gasteiger partial charge on any atom is -0.348 e. The van der Waals surface area contributed by atoms with Crippen LogP contribution in [0.2, 0.25) is 0 Å². The fourth-order valence-corrected chi connectivity index (χ4v) is 2.63. The Labute approximate surface area is 139 Å². The van der Waals surface area contributed by atoms with Gasteiger partial charge in [-0.3, -0.25) is 4.79 Å². The van der Waals surface area contributed by atoms with Gasteiger partial charge >= 0.3 is 0 Å². The molecular formula is C18H19FN4O. The predicted molar refractivity (Wildman–Crippen MR) is 93.8 cm³/mol. The molecule has 2 aromatic rings. The van der Waals surface area contributed by atoms with E-state index >= 15 is 0 Å². The Bertz CT molecular complexity index is 849. The Hall–Kier alpha value is -2.73. The first kappa shape index (κ1) is 16.1.